The van der Waals surface area contributed by atoms with Gasteiger partial charge in [0.25, 0.3) is 0 Å². The van der Waals surface area contributed by atoms with E-state index in [9.17, 15) is 4.79 Å². The summed E-state index contributed by atoms with van der Waals surface area (Å²) in [4.78, 5) is 14.8. The monoisotopic (exact) mass is 375 g/mol. The van der Waals surface area contributed by atoms with E-state index in [0.29, 0.717) is 18.5 Å². The molecule has 0 aliphatic carbocycles. The van der Waals surface area contributed by atoms with Gasteiger partial charge in [-0.15, -0.1) is 0 Å². The molecule has 152 valence electrons. The highest BCUT2D eigenvalue weighted by Crippen LogP contribution is 2.19. The van der Waals surface area contributed by atoms with E-state index in [1.807, 2.05) is 51.1 Å². The number of benzene rings is 1. The molecule has 1 aromatic rings. The first-order valence-corrected chi connectivity index (χ1v) is 10.2. The first-order valence-electron chi connectivity index (χ1n) is 10.2. The quantitative estimate of drug-likeness (QED) is 0.757. The van der Waals surface area contributed by atoms with Crippen molar-refractivity contribution in [2.45, 2.75) is 65.1 Å². The van der Waals surface area contributed by atoms with Crippen molar-refractivity contribution >= 4 is 6.09 Å². The molecule has 2 N–H and O–H groups in total. The zero-order valence-corrected chi connectivity index (χ0v) is 17.6. The minimum Gasteiger partial charge on any atom is -0.444 e. The average Bonchev–Trinajstić information content (AvgIpc) is 2.60. The van der Waals surface area contributed by atoms with Crippen LogP contribution in [0.25, 0.3) is 0 Å². The van der Waals surface area contributed by atoms with E-state index < -0.39 is 5.60 Å². The Bertz CT molecular complexity index is 561. The number of likely N-dealkylation sites (tertiary alicyclic amines) is 1. The normalized spacial score (nSPS) is 17.7. The molecule has 1 fully saturated rings. The van der Waals surface area contributed by atoms with Gasteiger partial charge in [0.2, 0.25) is 0 Å². The molecule has 1 aliphatic heterocycles. The molecule has 5 heteroatoms. The van der Waals surface area contributed by atoms with Crippen molar-refractivity contribution in [3.05, 3.63) is 35.9 Å². The van der Waals surface area contributed by atoms with E-state index in [2.05, 4.69) is 29.4 Å². The van der Waals surface area contributed by atoms with E-state index in [1.54, 1.807) is 0 Å². The Balaban J connectivity index is 1.85. The third-order valence-corrected chi connectivity index (χ3v) is 5.05. The molecule has 0 saturated carbocycles. The van der Waals surface area contributed by atoms with Gasteiger partial charge in [0.05, 0.1) is 6.04 Å². The summed E-state index contributed by atoms with van der Waals surface area (Å²) in [5, 5.41) is 6.59. The molecule has 0 spiro atoms. The number of nitrogens with zero attached hydrogens (tertiary/aromatic N) is 1. The Kier molecular flexibility index (Phi) is 8.11. The summed E-state index contributed by atoms with van der Waals surface area (Å²) in [5.41, 5.74) is 0.592. The number of nitrogens with one attached hydrogen (secondary N) is 2. The minimum absolute atomic E-state index is 0.100. The lowest BCUT2D eigenvalue weighted by Crippen LogP contribution is -2.43. The molecule has 1 amide bonds. The lowest BCUT2D eigenvalue weighted by molar-refractivity contribution is 0.0502. The molecule has 1 saturated heterocycles. The third-order valence-electron chi connectivity index (χ3n) is 5.05. The van der Waals surface area contributed by atoms with E-state index in [4.69, 9.17) is 4.74 Å². The molecular formula is C22H37N3O2. The first kappa shape index (κ1) is 21.7. The first-order chi connectivity index (χ1) is 12.7. The van der Waals surface area contributed by atoms with Crippen molar-refractivity contribution in [3.8, 4) is 0 Å². The largest absolute Gasteiger partial charge is 0.444 e. The zero-order valence-electron chi connectivity index (χ0n) is 17.6. The Morgan fingerprint density at radius 3 is 2.37 bits per heavy atom. The fraction of sp³-hybridized carbons (Fsp3) is 0.682. The third kappa shape index (κ3) is 7.89. The van der Waals surface area contributed by atoms with Crippen molar-refractivity contribution in [1.29, 1.82) is 0 Å². The number of rotatable bonds is 7. The van der Waals surface area contributed by atoms with Crippen LogP contribution in [-0.4, -0.2) is 48.8 Å². The maximum atomic E-state index is 12.2. The average molecular weight is 376 g/mol. The second-order valence-corrected chi connectivity index (χ2v) is 8.84. The van der Waals surface area contributed by atoms with Gasteiger partial charge in [0.1, 0.15) is 5.60 Å². The summed E-state index contributed by atoms with van der Waals surface area (Å²) in [5.74, 6) is 0.706. The SMILES string of the molecule is CC(C)N1CCC(CNCC(NC(=O)OC(C)(C)C)c2ccccc2)CC1. The summed E-state index contributed by atoms with van der Waals surface area (Å²) in [6.45, 7) is 14.2. The maximum Gasteiger partial charge on any atom is 0.408 e. The number of carbonyl (C=O) groups is 1. The Morgan fingerprint density at radius 1 is 1.19 bits per heavy atom. The molecular weight excluding hydrogens is 338 g/mol. The molecule has 0 radical (unpaired) electrons. The number of carbonyl (C=O) groups excluding carboxylic acids is 1. The topological polar surface area (TPSA) is 53.6 Å². The van der Waals surface area contributed by atoms with Crippen molar-refractivity contribution in [1.82, 2.24) is 15.5 Å². The molecule has 5 nitrogen and oxygen atoms in total. The van der Waals surface area contributed by atoms with Crippen LogP contribution >= 0.6 is 0 Å². The fourth-order valence-electron chi connectivity index (χ4n) is 3.49. The number of alkyl carbamates (subject to hydrolysis) is 1. The lowest BCUT2D eigenvalue weighted by Gasteiger charge is -2.35. The molecule has 1 atom stereocenters. The molecule has 1 unspecified atom stereocenters. The van der Waals surface area contributed by atoms with E-state index >= 15 is 0 Å². The van der Waals surface area contributed by atoms with Gasteiger partial charge in [0, 0.05) is 12.6 Å². The summed E-state index contributed by atoms with van der Waals surface area (Å²) >= 11 is 0. The smallest absolute Gasteiger partial charge is 0.408 e. The Hall–Kier alpha value is -1.59. The van der Waals surface area contributed by atoms with Crippen LogP contribution < -0.4 is 10.6 Å². The molecule has 1 heterocycles. The van der Waals surface area contributed by atoms with Gasteiger partial charge in [-0.25, -0.2) is 4.79 Å². The molecule has 0 bridgehead atoms. The number of ether oxygens (including phenoxy) is 1. The van der Waals surface area contributed by atoms with Crippen molar-refractivity contribution in [3.63, 3.8) is 0 Å². The molecule has 27 heavy (non-hydrogen) atoms. The van der Waals surface area contributed by atoms with E-state index in [-0.39, 0.29) is 12.1 Å². The molecule has 1 aromatic carbocycles. The number of amides is 1. The number of hydrogen-bond acceptors (Lipinski definition) is 4. The minimum atomic E-state index is -0.497. The van der Waals surface area contributed by atoms with Gasteiger partial charge < -0.3 is 20.3 Å². The van der Waals surface area contributed by atoms with Gasteiger partial charge in [0.15, 0.2) is 0 Å². The van der Waals surface area contributed by atoms with Gasteiger partial charge in [-0.2, -0.15) is 0 Å². The van der Waals surface area contributed by atoms with Gasteiger partial charge in [-0.05, 0) is 78.6 Å². The Labute approximate surface area is 164 Å². The highest BCUT2D eigenvalue weighted by atomic mass is 16.6. The highest BCUT2D eigenvalue weighted by Gasteiger charge is 2.23. The molecule has 0 aromatic heterocycles. The van der Waals surface area contributed by atoms with Gasteiger partial charge in [-0.3, -0.25) is 0 Å². The summed E-state index contributed by atoms with van der Waals surface area (Å²) in [6.07, 6.45) is 2.10. The van der Waals surface area contributed by atoms with Crippen LogP contribution in [0.3, 0.4) is 0 Å². The zero-order chi connectivity index (χ0) is 19.9. The predicted molar refractivity (Wildman–Crippen MR) is 111 cm³/mol. The second-order valence-electron chi connectivity index (χ2n) is 8.84. The van der Waals surface area contributed by atoms with E-state index in [1.165, 1.54) is 25.9 Å². The van der Waals surface area contributed by atoms with Crippen molar-refractivity contribution < 1.29 is 9.53 Å². The second kappa shape index (κ2) is 10.1. The number of hydrogen-bond donors (Lipinski definition) is 2. The molecule has 2 rings (SSSR count). The van der Waals surface area contributed by atoms with Crippen LogP contribution in [0, 0.1) is 5.92 Å². The molecule has 1 aliphatic rings. The summed E-state index contributed by atoms with van der Waals surface area (Å²) in [7, 11) is 0. The number of piperidine rings is 1. The standard InChI is InChI=1S/C22H37N3O2/c1-17(2)25-13-11-18(12-14-25)15-23-16-20(19-9-7-6-8-10-19)24-21(26)27-22(3,4)5/h6-10,17-18,20,23H,11-16H2,1-5H3,(H,24,26). The van der Waals surface area contributed by atoms with Crippen LogP contribution in [0.15, 0.2) is 30.3 Å². The lowest BCUT2D eigenvalue weighted by atomic mass is 9.95. The maximum absolute atomic E-state index is 12.2. The van der Waals surface area contributed by atoms with Gasteiger partial charge >= 0.3 is 6.09 Å². The van der Waals surface area contributed by atoms with Gasteiger partial charge in [-0.1, -0.05) is 30.3 Å². The fourth-order valence-corrected chi connectivity index (χ4v) is 3.49. The summed E-state index contributed by atoms with van der Waals surface area (Å²) in [6, 6.07) is 10.6. The van der Waals surface area contributed by atoms with E-state index in [0.717, 1.165) is 12.1 Å². The summed E-state index contributed by atoms with van der Waals surface area (Å²) < 4.78 is 5.44. The van der Waals surface area contributed by atoms with Crippen molar-refractivity contribution in [2.75, 3.05) is 26.2 Å². The van der Waals surface area contributed by atoms with Crippen LogP contribution in [0.4, 0.5) is 4.79 Å². The van der Waals surface area contributed by atoms with Crippen molar-refractivity contribution in [2.24, 2.45) is 5.92 Å². The van der Waals surface area contributed by atoms with Crippen LogP contribution in [-0.2, 0) is 4.74 Å². The highest BCUT2D eigenvalue weighted by molar-refractivity contribution is 5.68. The van der Waals surface area contributed by atoms with Crippen LogP contribution in [0.2, 0.25) is 0 Å². The van der Waals surface area contributed by atoms with Crippen LogP contribution in [0.1, 0.15) is 59.1 Å². The predicted octanol–water partition coefficient (Wildman–Crippen LogP) is 3.96. The van der Waals surface area contributed by atoms with Crippen LogP contribution in [0.5, 0.6) is 0 Å². The Morgan fingerprint density at radius 2 is 1.81 bits per heavy atom.